The van der Waals surface area contributed by atoms with Gasteiger partial charge >= 0.3 is 0 Å². The Balaban J connectivity index is 3.44. The maximum absolute atomic E-state index is 5.43. The van der Waals surface area contributed by atoms with E-state index in [1.54, 1.807) is 0 Å². The topological polar surface area (TPSA) is 18.5 Å². The summed E-state index contributed by atoms with van der Waals surface area (Å²) >= 11 is 4.33. The van der Waals surface area contributed by atoms with Crippen molar-refractivity contribution >= 4 is 22.1 Å². The summed E-state index contributed by atoms with van der Waals surface area (Å²) in [7, 11) is 0.736. The summed E-state index contributed by atoms with van der Waals surface area (Å²) in [5.41, 5.74) is 0. The van der Waals surface area contributed by atoms with Crippen LogP contribution in [0.4, 0.5) is 0 Å². The first-order valence-electron chi connectivity index (χ1n) is 4.85. The van der Waals surface area contributed by atoms with Gasteiger partial charge in [-0.05, 0) is 25.5 Å². The Bertz CT molecular complexity index is 106. The molecule has 0 amide bonds. The highest BCUT2D eigenvalue weighted by molar-refractivity contribution is 7.80. The lowest BCUT2D eigenvalue weighted by molar-refractivity contribution is -0.0827. The number of rotatable bonds is 8. The molecule has 0 aliphatic heterocycles. The second-order valence-electron chi connectivity index (χ2n) is 2.83. The Morgan fingerprint density at radius 3 is 2.15 bits per heavy atom. The highest BCUT2D eigenvalue weighted by atomic mass is 32.1. The van der Waals surface area contributed by atoms with E-state index in [1.165, 1.54) is 0 Å². The third-order valence-corrected chi connectivity index (χ3v) is 3.01. The lowest BCUT2D eigenvalue weighted by atomic mass is 10.4. The van der Waals surface area contributed by atoms with Crippen LogP contribution in [0.1, 0.15) is 27.2 Å². The number of hydrogen-bond donors (Lipinski definition) is 1. The normalized spacial score (nSPS) is 13.6. The van der Waals surface area contributed by atoms with E-state index >= 15 is 0 Å². The van der Waals surface area contributed by atoms with Gasteiger partial charge in [0.25, 0.3) is 0 Å². The van der Waals surface area contributed by atoms with Crippen LogP contribution in [-0.2, 0) is 9.47 Å². The molecule has 0 spiro atoms. The van der Waals surface area contributed by atoms with Gasteiger partial charge in [0.15, 0.2) is 0 Å². The first kappa shape index (κ1) is 13.5. The minimum Gasteiger partial charge on any atom is -0.357 e. The van der Waals surface area contributed by atoms with Crippen LogP contribution in [0, 0.1) is 0 Å². The van der Waals surface area contributed by atoms with Gasteiger partial charge in [-0.2, -0.15) is 12.6 Å². The van der Waals surface area contributed by atoms with Crippen molar-refractivity contribution in [3.05, 3.63) is 0 Å². The van der Waals surface area contributed by atoms with Crippen LogP contribution in [0.5, 0.6) is 0 Å². The Kier molecular flexibility index (Phi) is 9.40. The van der Waals surface area contributed by atoms with E-state index in [9.17, 15) is 0 Å². The lowest BCUT2D eigenvalue weighted by Crippen LogP contribution is -2.24. The predicted octanol–water partition coefficient (Wildman–Crippen LogP) is 2.17. The standard InChI is InChI=1S/C9H20O2SSi/c1-4-10-9(11-5-2)13-7-6-8(3)12/h8-9,12H,4-7H2,1-3H3. The Morgan fingerprint density at radius 2 is 1.77 bits per heavy atom. The molecule has 0 aliphatic carbocycles. The number of thiol groups is 1. The molecule has 0 saturated carbocycles. The Labute approximate surface area is 89.6 Å². The summed E-state index contributed by atoms with van der Waals surface area (Å²) in [6, 6.07) is 1.15. The molecule has 0 saturated heterocycles. The molecule has 0 aromatic rings. The lowest BCUT2D eigenvalue weighted by Gasteiger charge is -2.16. The second-order valence-corrected chi connectivity index (χ2v) is 5.10. The van der Waals surface area contributed by atoms with Crippen molar-refractivity contribution in [3.63, 3.8) is 0 Å². The smallest absolute Gasteiger partial charge is 0.137 e. The van der Waals surface area contributed by atoms with Gasteiger partial charge in [-0.1, -0.05) is 13.0 Å². The Hall–Kier alpha value is 0.487. The zero-order valence-electron chi connectivity index (χ0n) is 8.75. The highest BCUT2D eigenvalue weighted by Crippen LogP contribution is 2.05. The predicted molar refractivity (Wildman–Crippen MR) is 60.7 cm³/mol. The molecule has 2 nitrogen and oxygen atoms in total. The molecule has 13 heavy (non-hydrogen) atoms. The minimum atomic E-state index is 0.0158. The zero-order valence-corrected chi connectivity index (χ0v) is 10.6. The molecule has 1 unspecified atom stereocenters. The summed E-state index contributed by atoms with van der Waals surface area (Å²) in [6.07, 6.45) is 1.14. The maximum atomic E-state index is 5.43. The summed E-state index contributed by atoms with van der Waals surface area (Å²) in [4.78, 5) is 0. The monoisotopic (exact) mass is 220 g/mol. The van der Waals surface area contributed by atoms with E-state index in [4.69, 9.17) is 9.47 Å². The molecule has 4 heteroatoms. The minimum absolute atomic E-state index is 0.0158. The quantitative estimate of drug-likeness (QED) is 0.384. The largest absolute Gasteiger partial charge is 0.357 e. The molecule has 0 aliphatic rings. The van der Waals surface area contributed by atoms with Crippen LogP contribution in [0.15, 0.2) is 0 Å². The van der Waals surface area contributed by atoms with Gasteiger partial charge in [0, 0.05) is 13.2 Å². The van der Waals surface area contributed by atoms with Crippen LogP contribution in [0.2, 0.25) is 6.04 Å². The number of ether oxygens (including phenoxy) is 2. The molecule has 1 atom stereocenters. The van der Waals surface area contributed by atoms with E-state index in [0.717, 1.165) is 35.2 Å². The second kappa shape index (κ2) is 9.06. The van der Waals surface area contributed by atoms with Gasteiger partial charge in [-0.3, -0.25) is 0 Å². The van der Waals surface area contributed by atoms with Crippen LogP contribution < -0.4 is 0 Å². The van der Waals surface area contributed by atoms with E-state index in [1.807, 2.05) is 13.8 Å². The molecule has 2 radical (unpaired) electrons. The van der Waals surface area contributed by atoms with Crippen LogP contribution in [0.3, 0.4) is 0 Å². The first-order valence-corrected chi connectivity index (χ1v) is 6.65. The summed E-state index contributed by atoms with van der Waals surface area (Å²) < 4.78 is 10.9. The van der Waals surface area contributed by atoms with E-state index < -0.39 is 0 Å². The SMILES string of the molecule is CCOC(OCC)[Si]CCC(C)S. The third kappa shape index (κ3) is 8.81. The molecule has 78 valence electrons. The van der Waals surface area contributed by atoms with Gasteiger partial charge in [0.2, 0.25) is 0 Å². The fraction of sp³-hybridized carbons (Fsp3) is 1.00. The molecule has 0 bridgehead atoms. The Morgan fingerprint density at radius 1 is 1.23 bits per heavy atom. The van der Waals surface area contributed by atoms with Gasteiger partial charge in [0.1, 0.15) is 15.4 Å². The first-order chi connectivity index (χ1) is 6.20. The molecular weight excluding hydrogens is 200 g/mol. The third-order valence-electron chi connectivity index (χ3n) is 1.51. The molecule has 0 N–H and O–H groups in total. The van der Waals surface area contributed by atoms with Crippen molar-refractivity contribution in [1.29, 1.82) is 0 Å². The number of hydrogen-bond acceptors (Lipinski definition) is 3. The van der Waals surface area contributed by atoms with Crippen molar-refractivity contribution in [1.82, 2.24) is 0 Å². The fourth-order valence-electron chi connectivity index (χ4n) is 0.879. The van der Waals surface area contributed by atoms with Crippen LogP contribution >= 0.6 is 12.6 Å². The average molecular weight is 220 g/mol. The molecule has 0 heterocycles. The summed E-state index contributed by atoms with van der Waals surface area (Å²) in [5.74, 6) is 0.0158. The fourth-order valence-corrected chi connectivity index (χ4v) is 2.66. The van der Waals surface area contributed by atoms with Crippen molar-refractivity contribution in [3.8, 4) is 0 Å². The molecule has 0 aromatic carbocycles. The average Bonchev–Trinajstić information content (AvgIpc) is 2.04. The maximum Gasteiger partial charge on any atom is 0.137 e. The van der Waals surface area contributed by atoms with E-state index in [2.05, 4.69) is 19.6 Å². The summed E-state index contributed by atoms with van der Waals surface area (Å²) in [5, 5.41) is 0.483. The molecule has 0 aromatic heterocycles. The molecule has 0 fully saturated rings. The molecule has 0 rings (SSSR count). The van der Waals surface area contributed by atoms with Crippen LogP contribution in [0.25, 0.3) is 0 Å². The van der Waals surface area contributed by atoms with Crippen molar-refractivity contribution < 1.29 is 9.47 Å². The molecular formula is C9H20O2SSi. The van der Waals surface area contributed by atoms with E-state index in [0.29, 0.717) is 5.25 Å². The highest BCUT2D eigenvalue weighted by Gasteiger charge is 2.08. The van der Waals surface area contributed by atoms with Gasteiger partial charge in [0.05, 0.1) is 0 Å². The zero-order chi connectivity index (χ0) is 10.1. The van der Waals surface area contributed by atoms with Gasteiger partial charge in [-0.25, -0.2) is 0 Å². The summed E-state index contributed by atoms with van der Waals surface area (Å²) in [6.45, 7) is 7.57. The van der Waals surface area contributed by atoms with Crippen LogP contribution in [-0.4, -0.2) is 33.9 Å². The van der Waals surface area contributed by atoms with Crippen molar-refractivity contribution in [2.45, 2.75) is 44.4 Å². The van der Waals surface area contributed by atoms with Gasteiger partial charge in [-0.15, -0.1) is 0 Å². The van der Waals surface area contributed by atoms with Crippen molar-refractivity contribution in [2.75, 3.05) is 13.2 Å². The van der Waals surface area contributed by atoms with Crippen molar-refractivity contribution in [2.24, 2.45) is 0 Å². The van der Waals surface area contributed by atoms with Gasteiger partial charge < -0.3 is 9.47 Å². The van der Waals surface area contributed by atoms with E-state index in [-0.39, 0.29) is 5.91 Å².